The fourth-order valence-corrected chi connectivity index (χ4v) is 1.94. The molecular formula is C12H15N3. The van der Waals surface area contributed by atoms with E-state index in [0.717, 1.165) is 12.2 Å². The van der Waals surface area contributed by atoms with Crippen LogP contribution in [0.25, 0.3) is 6.08 Å². The fourth-order valence-electron chi connectivity index (χ4n) is 1.94. The molecule has 0 aromatic carbocycles. The lowest BCUT2D eigenvalue weighted by molar-refractivity contribution is 0.696. The van der Waals surface area contributed by atoms with Gasteiger partial charge in [-0.25, -0.2) is 9.97 Å². The van der Waals surface area contributed by atoms with Gasteiger partial charge < -0.3 is 5.32 Å². The summed E-state index contributed by atoms with van der Waals surface area (Å²) in [5.74, 6) is 1.62. The van der Waals surface area contributed by atoms with Crippen molar-refractivity contribution in [3.05, 3.63) is 23.7 Å². The Hall–Kier alpha value is -1.38. The third-order valence-electron chi connectivity index (χ3n) is 2.99. The molecule has 15 heavy (non-hydrogen) atoms. The first kappa shape index (κ1) is 8.89. The zero-order valence-electron chi connectivity index (χ0n) is 8.90. The Morgan fingerprint density at radius 3 is 3.00 bits per heavy atom. The summed E-state index contributed by atoms with van der Waals surface area (Å²) in [6.45, 7) is 2.22. The van der Waals surface area contributed by atoms with Gasteiger partial charge in [0, 0.05) is 11.6 Å². The molecule has 2 aliphatic rings. The molecule has 0 saturated heterocycles. The molecule has 3 heteroatoms. The molecular weight excluding hydrogens is 186 g/mol. The van der Waals surface area contributed by atoms with Crippen LogP contribution in [0.1, 0.15) is 31.0 Å². The molecule has 0 spiro atoms. The Bertz CT molecular complexity index is 407. The third-order valence-corrected chi connectivity index (χ3v) is 2.99. The van der Waals surface area contributed by atoms with Crippen LogP contribution in [-0.2, 0) is 6.42 Å². The Labute approximate surface area is 89.6 Å². The number of nitrogens with zero attached hydrogens (tertiary/aromatic N) is 2. The molecule has 1 atom stereocenters. The number of aromatic nitrogens is 2. The van der Waals surface area contributed by atoms with Crippen LogP contribution >= 0.6 is 0 Å². The Morgan fingerprint density at radius 2 is 2.20 bits per heavy atom. The van der Waals surface area contributed by atoms with Gasteiger partial charge in [-0.15, -0.1) is 0 Å². The van der Waals surface area contributed by atoms with E-state index in [-0.39, 0.29) is 0 Å². The van der Waals surface area contributed by atoms with Crippen molar-refractivity contribution < 1.29 is 0 Å². The van der Waals surface area contributed by atoms with Gasteiger partial charge in [0.1, 0.15) is 12.1 Å². The van der Waals surface area contributed by atoms with E-state index in [1.807, 2.05) is 0 Å². The highest BCUT2D eigenvalue weighted by atomic mass is 15.1. The Balaban J connectivity index is 1.96. The van der Waals surface area contributed by atoms with E-state index >= 15 is 0 Å². The molecule has 1 unspecified atom stereocenters. The molecule has 1 heterocycles. The summed E-state index contributed by atoms with van der Waals surface area (Å²) in [6, 6.07) is 0.650. The number of hydrogen-bond acceptors (Lipinski definition) is 3. The molecule has 1 aromatic heterocycles. The molecule has 1 saturated carbocycles. The lowest BCUT2D eigenvalue weighted by atomic mass is 9.95. The van der Waals surface area contributed by atoms with Crippen molar-refractivity contribution in [2.45, 2.75) is 32.2 Å². The molecule has 2 aliphatic carbocycles. The van der Waals surface area contributed by atoms with Crippen molar-refractivity contribution in [3.8, 4) is 0 Å². The molecule has 1 aromatic rings. The molecule has 0 radical (unpaired) electrons. The second kappa shape index (κ2) is 3.33. The van der Waals surface area contributed by atoms with Gasteiger partial charge in [-0.2, -0.15) is 0 Å². The summed E-state index contributed by atoms with van der Waals surface area (Å²) in [4.78, 5) is 8.68. The largest absolute Gasteiger partial charge is 0.367 e. The number of fused-ring (bicyclic) bond motifs is 1. The topological polar surface area (TPSA) is 37.8 Å². The zero-order chi connectivity index (χ0) is 10.3. The number of rotatable bonds is 2. The van der Waals surface area contributed by atoms with Crippen LogP contribution in [0.2, 0.25) is 0 Å². The maximum absolute atomic E-state index is 4.36. The monoisotopic (exact) mass is 201 g/mol. The van der Waals surface area contributed by atoms with Gasteiger partial charge in [0.25, 0.3) is 0 Å². The molecule has 1 N–H and O–H groups in total. The molecule has 0 aliphatic heterocycles. The minimum Gasteiger partial charge on any atom is -0.367 e. The van der Waals surface area contributed by atoms with Crippen molar-refractivity contribution >= 4 is 11.9 Å². The molecule has 3 nitrogen and oxygen atoms in total. The first-order valence-corrected chi connectivity index (χ1v) is 5.61. The van der Waals surface area contributed by atoms with Crippen LogP contribution in [0.4, 0.5) is 5.82 Å². The highest BCUT2D eigenvalue weighted by Crippen LogP contribution is 2.29. The number of hydrogen-bond donors (Lipinski definition) is 1. The third kappa shape index (κ3) is 1.74. The number of nitrogens with one attached hydrogen (secondary N) is 1. The summed E-state index contributed by atoms with van der Waals surface area (Å²) >= 11 is 0. The summed E-state index contributed by atoms with van der Waals surface area (Å²) in [5.41, 5.74) is 2.38. The van der Waals surface area contributed by atoms with E-state index in [1.54, 1.807) is 6.33 Å². The zero-order valence-corrected chi connectivity index (χ0v) is 8.90. The molecule has 0 amide bonds. The molecule has 1 fully saturated rings. The van der Waals surface area contributed by atoms with Crippen molar-refractivity contribution in [1.82, 2.24) is 9.97 Å². The van der Waals surface area contributed by atoms with Gasteiger partial charge in [0.2, 0.25) is 0 Å². The van der Waals surface area contributed by atoms with E-state index in [4.69, 9.17) is 0 Å². The average Bonchev–Trinajstić information content (AvgIpc) is 3.01. The van der Waals surface area contributed by atoms with E-state index in [2.05, 4.69) is 34.4 Å². The summed E-state index contributed by atoms with van der Waals surface area (Å²) in [6.07, 6.45) is 9.67. The summed E-state index contributed by atoms with van der Waals surface area (Å²) in [7, 11) is 0. The first-order chi connectivity index (χ1) is 7.33. The standard InChI is InChI=1S/C12H15N3/c1-8-2-5-10-11(6-8)13-7-14-12(10)15-9-3-4-9/h2,5,7-9H,3-4,6H2,1H3,(H,13,14,15). The van der Waals surface area contributed by atoms with Crippen LogP contribution in [0.5, 0.6) is 0 Å². The fraction of sp³-hybridized carbons (Fsp3) is 0.500. The van der Waals surface area contributed by atoms with Crippen LogP contribution in [0.15, 0.2) is 12.4 Å². The summed E-state index contributed by atoms with van der Waals surface area (Å²) < 4.78 is 0. The lowest BCUT2D eigenvalue weighted by Crippen LogP contribution is -2.12. The predicted octanol–water partition coefficient (Wildman–Crippen LogP) is 2.26. The first-order valence-electron chi connectivity index (χ1n) is 5.61. The Kier molecular flexibility index (Phi) is 1.97. The van der Waals surface area contributed by atoms with Crippen LogP contribution < -0.4 is 5.32 Å². The van der Waals surface area contributed by atoms with Gasteiger partial charge in [-0.3, -0.25) is 0 Å². The maximum atomic E-state index is 4.36. The van der Waals surface area contributed by atoms with Crippen molar-refractivity contribution in [2.24, 2.45) is 5.92 Å². The molecule has 78 valence electrons. The minimum absolute atomic E-state index is 0.598. The minimum atomic E-state index is 0.598. The number of allylic oxidation sites excluding steroid dienone is 1. The van der Waals surface area contributed by atoms with Crippen molar-refractivity contribution in [3.63, 3.8) is 0 Å². The summed E-state index contributed by atoms with van der Waals surface area (Å²) in [5, 5.41) is 3.46. The van der Waals surface area contributed by atoms with Crippen LogP contribution in [-0.4, -0.2) is 16.0 Å². The predicted molar refractivity (Wildman–Crippen MR) is 60.6 cm³/mol. The number of anilines is 1. The van der Waals surface area contributed by atoms with E-state index in [0.29, 0.717) is 12.0 Å². The van der Waals surface area contributed by atoms with Gasteiger partial charge in [0.05, 0.1) is 5.69 Å². The van der Waals surface area contributed by atoms with Gasteiger partial charge in [-0.1, -0.05) is 19.1 Å². The van der Waals surface area contributed by atoms with E-state index < -0.39 is 0 Å². The SMILES string of the molecule is CC1C=Cc2c(ncnc2NC2CC2)C1. The van der Waals surface area contributed by atoms with Crippen molar-refractivity contribution in [1.29, 1.82) is 0 Å². The quantitative estimate of drug-likeness (QED) is 0.797. The van der Waals surface area contributed by atoms with Gasteiger partial charge in [0.15, 0.2) is 0 Å². The van der Waals surface area contributed by atoms with Crippen LogP contribution in [0.3, 0.4) is 0 Å². The van der Waals surface area contributed by atoms with Gasteiger partial charge in [-0.05, 0) is 25.2 Å². The second-order valence-corrected chi connectivity index (χ2v) is 4.54. The smallest absolute Gasteiger partial charge is 0.137 e. The van der Waals surface area contributed by atoms with E-state index in [1.165, 1.54) is 24.1 Å². The normalized spacial score (nSPS) is 23.7. The van der Waals surface area contributed by atoms with Crippen molar-refractivity contribution in [2.75, 3.05) is 5.32 Å². The molecule has 0 bridgehead atoms. The highest BCUT2D eigenvalue weighted by molar-refractivity contribution is 5.67. The van der Waals surface area contributed by atoms with Gasteiger partial charge >= 0.3 is 0 Å². The second-order valence-electron chi connectivity index (χ2n) is 4.54. The highest BCUT2D eigenvalue weighted by Gasteiger charge is 2.24. The van der Waals surface area contributed by atoms with Crippen LogP contribution in [0, 0.1) is 5.92 Å². The molecule has 3 rings (SSSR count). The lowest BCUT2D eigenvalue weighted by Gasteiger charge is -2.17. The Morgan fingerprint density at radius 1 is 1.33 bits per heavy atom. The average molecular weight is 201 g/mol. The maximum Gasteiger partial charge on any atom is 0.137 e. The van der Waals surface area contributed by atoms with E-state index in [9.17, 15) is 0 Å².